The fourth-order valence-corrected chi connectivity index (χ4v) is 22.1. The number of nitrogens with zero attached hydrogens (tertiary/aromatic N) is 6. The molecule has 10 heteroatoms. The van der Waals surface area contributed by atoms with E-state index in [4.69, 9.17) is 47.6 Å². The molecule has 10 nitrogen and oxygen atoms in total. The molecule has 4 aliphatic carbocycles. The molecule has 6 aromatic heterocycles. The summed E-state index contributed by atoms with van der Waals surface area (Å²) in [4.78, 5) is 33.5. The molecule has 28 rings (SSSR count). The van der Waals surface area contributed by atoms with E-state index in [1.54, 1.807) is 0 Å². The second-order valence-electron chi connectivity index (χ2n) is 33.6. The van der Waals surface area contributed by atoms with E-state index in [2.05, 4.69) is 315 Å². The van der Waals surface area contributed by atoms with Crippen LogP contribution in [0.25, 0.3) is 234 Å². The average Bonchev–Trinajstić information content (AvgIpc) is 1.52. The van der Waals surface area contributed by atoms with Gasteiger partial charge in [-0.25, -0.2) is 29.9 Å². The first-order valence-electron chi connectivity index (χ1n) is 42.8. The van der Waals surface area contributed by atoms with Crippen molar-refractivity contribution in [3.63, 3.8) is 0 Å². The molecule has 126 heavy (non-hydrogen) atoms. The number of rotatable bonds is 7. The van der Waals surface area contributed by atoms with Crippen molar-refractivity contribution in [1.82, 2.24) is 29.9 Å². The van der Waals surface area contributed by atoms with E-state index in [1.165, 1.54) is 72.3 Å². The maximum atomic E-state index is 7.28. The summed E-state index contributed by atoms with van der Waals surface area (Å²) in [6.45, 7) is 0. The van der Waals surface area contributed by atoms with Crippen LogP contribution in [0.3, 0.4) is 0 Å². The van der Waals surface area contributed by atoms with Crippen LogP contribution in [0.15, 0.2) is 406 Å². The largest absolute Gasteiger partial charge is 0.456 e. The zero-order valence-electron chi connectivity index (χ0n) is 67.3. The molecule has 18 aromatic carbocycles. The zero-order valence-corrected chi connectivity index (χ0v) is 67.3. The van der Waals surface area contributed by atoms with Crippen molar-refractivity contribution >= 4 is 87.8 Å². The highest BCUT2D eigenvalue weighted by Gasteiger charge is 2.52. The van der Waals surface area contributed by atoms with Crippen molar-refractivity contribution in [3.05, 3.63) is 433 Å². The number of furan rings is 4. The van der Waals surface area contributed by atoms with E-state index >= 15 is 0 Å². The number of hydrogen-bond acceptors (Lipinski definition) is 10. The zero-order chi connectivity index (χ0) is 82.2. The van der Waals surface area contributed by atoms with E-state index in [9.17, 15) is 0 Å². The van der Waals surface area contributed by atoms with Gasteiger partial charge in [0, 0.05) is 82.0 Å². The van der Waals surface area contributed by atoms with Gasteiger partial charge in [-0.3, -0.25) is 0 Å². The van der Waals surface area contributed by atoms with Gasteiger partial charge in [0.15, 0.2) is 34.9 Å². The van der Waals surface area contributed by atoms with Crippen LogP contribution in [0.1, 0.15) is 44.5 Å². The number of benzene rings is 18. The Morgan fingerprint density at radius 3 is 0.952 bits per heavy atom. The molecule has 0 saturated carbocycles. The van der Waals surface area contributed by atoms with E-state index in [0.717, 1.165) is 171 Å². The topological polar surface area (TPSA) is 130 Å². The van der Waals surface area contributed by atoms with Gasteiger partial charge in [0.1, 0.15) is 44.7 Å². The minimum Gasteiger partial charge on any atom is -0.456 e. The first-order valence-corrected chi connectivity index (χ1v) is 42.8. The predicted octanol–water partition coefficient (Wildman–Crippen LogP) is 29.3. The van der Waals surface area contributed by atoms with Gasteiger partial charge in [-0.15, -0.1) is 0 Å². The van der Waals surface area contributed by atoms with E-state index in [-0.39, 0.29) is 0 Å². The summed E-state index contributed by atoms with van der Waals surface area (Å²) in [5, 5.41) is 7.77. The molecule has 0 N–H and O–H groups in total. The van der Waals surface area contributed by atoms with Crippen molar-refractivity contribution in [1.29, 1.82) is 0 Å². The summed E-state index contributed by atoms with van der Waals surface area (Å²) in [5.41, 5.74) is 34.9. The minimum absolute atomic E-state index is 0.508. The molecule has 2 spiro atoms. The van der Waals surface area contributed by atoms with E-state index in [1.807, 2.05) is 72.8 Å². The lowest BCUT2D eigenvalue weighted by Gasteiger charge is -2.35. The fourth-order valence-electron chi connectivity index (χ4n) is 22.1. The Morgan fingerprint density at radius 2 is 0.452 bits per heavy atom. The summed E-state index contributed by atoms with van der Waals surface area (Å²) in [6.07, 6.45) is 0. The molecule has 582 valence electrons. The van der Waals surface area contributed by atoms with Crippen LogP contribution in [-0.4, -0.2) is 29.9 Å². The minimum atomic E-state index is -0.837. The molecule has 24 aromatic rings. The van der Waals surface area contributed by atoms with Crippen LogP contribution >= 0.6 is 0 Å². The standard InChI is InChI=1S/C116H64N6O4/c1-2-25-72-71(24-1)74-26-3-12-39-91(74)115(93-41-14-5-28-76(93)77-29-6-15-42-94(77)115)97-62-67(51-56-80(72)97)110-117-109(119-113(120-110)87-37-22-48-103-106(87)85-33-10-19-46-100(85)123-103)66-54-59-102-90(61-66)84-36-21-35-70(108(84)126-102)65-50-55-73-75-27-4-13-40-92(75)116(95-43-16-7-30-78(95)79-31-8-17-44-96(79)116)98-63-68(52-57-81(98)89(73)60-65)111-118-112(69-53-58-83-82-32-9-18-45-99(82)125-105(83)64-69)122-114(121-111)88-38-23-49-104-107(88)86-34-11-20-47-101(86)124-104/h1-64H. The van der Waals surface area contributed by atoms with Crippen molar-refractivity contribution in [3.8, 4) is 146 Å². The third kappa shape index (κ3) is 9.52. The summed E-state index contributed by atoms with van der Waals surface area (Å²) < 4.78 is 27.0. The monoisotopic (exact) mass is 1600 g/mol. The molecule has 6 heterocycles. The van der Waals surface area contributed by atoms with Crippen LogP contribution in [0.4, 0.5) is 0 Å². The van der Waals surface area contributed by atoms with Crippen molar-refractivity contribution < 1.29 is 17.7 Å². The van der Waals surface area contributed by atoms with Crippen molar-refractivity contribution in [2.75, 3.05) is 0 Å². The number of para-hydroxylation sites is 4. The van der Waals surface area contributed by atoms with Crippen molar-refractivity contribution in [2.45, 2.75) is 10.8 Å². The fraction of sp³-hybridized carbons (Fsp3) is 0.0172. The average molecular weight is 1610 g/mol. The highest BCUT2D eigenvalue weighted by Crippen LogP contribution is 2.65. The SMILES string of the molecule is c1ccc2c(c1)-c1ccccc1C1(c3cc(-c4nc(-c5ccc6oc7c(-c8ccc9c(c8)-c8ccc(-c%10nc(-c%11ccc%12c(c%11)oc%11ccccc%11%12)nc(-c%11cccc%12oc%13ccccc%13c%11%12)n%10)cc8C8(c%10ccccc%10-9)c9ccccc9-c9ccccc98)cccc7c6c5)nc(-c5cccc6oc7ccccc7c56)n4)ccc3-2)c2ccccc2-c2ccccc21. The lowest BCUT2D eigenvalue weighted by molar-refractivity contribution is 0.668. The first-order chi connectivity index (χ1) is 62.4. The normalized spacial score (nSPS) is 13.4. The maximum Gasteiger partial charge on any atom is 0.164 e. The lowest BCUT2D eigenvalue weighted by Crippen LogP contribution is -2.29. The molecule has 4 aliphatic rings. The van der Waals surface area contributed by atoms with Crippen LogP contribution in [0.5, 0.6) is 0 Å². The number of aromatic nitrogens is 6. The van der Waals surface area contributed by atoms with Gasteiger partial charge < -0.3 is 17.7 Å². The summed E-state index contributed by atoms with van der Waals surface area (Å²) in [6, 6.07) is 140. The molecule has 0 aliphatic heterocycles. The van der Waals surface area contributed by atoms with Crippen LogP contribution in [0.2, 0.25) is 0 Å². The van der Waals surface area contributed by atoms with E-state index < -0.39 is 10.8 Å². The van der Waals surface area contributed by atoms with Gasteiger partial charge in [-0.05, 0) is 196 Å². The highest BCUT2D eigenvalue weighted by atomic mass is 16.3. The smallest absolute Gasteiger partial charge is 0.164 e. The highest BCUT2D eigenvalue weighted by molar-refractivity contribution is 6.15. The Morgan fingerprint density at radius 1 is 0.151 bits per heavy atom. The van der Waals surface area contributed by atoms with E-state index in [0.29, 0.717) is 34.9 Å². The Hall–Kier alpha value is -16.8. The summed E-state index contributed by atoms with van der Waals surface area (Å²) in [7, 11) is 0. The molecular formula is C116H64N6O4. The Bertz CT molecular complexity index is 8830. The molecule has 0 amide bonds. The quantitative estimate of drug-likeness (QED) is 0.152. The molecule has 0 bridgehead atoms. The third-order valence-corrected chi connectivity index (χ3v) is 27.3. The lowest BCUT2D eigenvalue weighted by atomic mass is 9.65. The molecular weight excluding hydrogens is 1540 g/mol. The maximum absolute atomic E-state index is 7.28. The molecule has 0 radical (unpaired) electrons. The van der Waals surface area contributed by atoms with Gasteiger partial charge in [0.05, 0.1) is 10.8 Å². The summed E-state index contributed by atoms with van der Waals surface area (Å²) in [5.74, 6) is 3.12. The van der Waals surface area contributed by atoms with Crippen molar-refractivity contribution in [2.24, 2.45) is 0 Å². The number of fused-ring (bicyclic) bond motifs is 36. The van der Waals surface area contributed by atoms with Gasteiger partial charge in [-0.1, -0.05) is 309 Å². The van der Waals surface area contributed by atoms with Gasteiger partial charge in [0.2, 0.25) is 0 Å². The second kappa shape index (κ2) is 25.9. The molecule has 0 saturated heterocycles. The third-order valence-electron chi connectivity index (χ3n) is 27.3. The van der Waals surface area contributed by atoms with Crippen LogP contribution in [-0.2, 0) is 10.8 Å². The Balaban J connectivity index is 0.631. The van der Waals surface area contributed by atoms with Gasteiger partial charge >= 0.3 is 0 Å². The Kier molecular flexibility index (Phi) is 14.1. The summed E-state index contributed by atoms with van der Waals surface area (Å²) >= 11 is 0. The molecule has 0 atom stereocenters. The molecule has 0 unspecified atom stereocenters. The first kappa shape index (κ1) is 68.9. The van der Waals surface area contributed by atoms with Gasteiger partial charge in [-0.2, -0.15) is 0 Å². The second-order valence-corrected chi connectivity index (χ2v) is 33.6. The Labute approximate surface area is 720 Å². The van der Waals surface area contributed by atoms with Crippen LogP contribution < -0.4 is 0 Å². The van der Waals surface area contributed by atoms with Gasteiger partial charge in [0.25, 0.3) is 0 Å². The predicted molar refractivity (Wildman–Crippen MR) is 504 cm³/mol. The number of hydrogen-bond donors (Lipinski definition) is 0. The van der Waals surface area contributed by atoms with Crippen LogP contribution in [0, 0.1) is 0 Å². The molecule has 0 fully saturated rings.